The maximum Gasteiger partial charge on any atom is 0.541 e. The summed E-state index contributed by atoms with van der Waals surface area (Å²) >= 11 is 0. The molecule has 0 radical (unpaired) electrons. The molecule has 3 rings (SSSR count). The smallest absolute Gasteiger partial charge is 0.400 e. The molecule has 0 aliphatic carbocycles. The Morgan fingerprint density at radius 3 is 1.62 bits per heavy atom. The highest BCUT2D eigenvalue weighted by molar-refractivity contribution is 7.56. The molecule has 0 fully saturated rings. The van der Waals surface area contributed by atoms with Crippen LogP contribution in [0, 0.1) is 20.8 Å². The third kappa shape index (κ3) is 4.47. The van der Waals surface area contributed by atoms with E-state index in [1.807, 2.05) is 81.4 Å². The highest BCUT2D eigenvalue weighted by atomic mass is 31.2. The zero-order valence-corrected chi connectivity index (χ0v) is 16.0. The van der Waals surface area contributed by atoms with Crippen LogP contribution in [-0.4, -0.2) is 0 Å². The lowest BCUT2D eigenvalue weighted by Crippen LogP contribution is -2.11. The number of anilines is 1. The van der Waals surface area contributed by atoms with Gasteiger partial charge >= 0.3 is 7.75 Å². The van der Waals surface area contributed by atoms with Crippen molar-refractivity contribution in [2.75, 3.05) is 5.09 Å². The first kappa shape index (κ1) is 18.1. The first-order valence-corrected chi connectivity index (χ1v) is 9.95. The molecule has 0 saturated carbocycles. The number of rotatable bonds is 6. The summed E-state index contributed by atoms with van der Waals surface area (Å²) in [6.07, 6.45) is 0. The number of hydrogen-bond acceptors (Lipinski definition) is 3. The Hall–Kier alpha value is -2.71. The topological polar surface area (TPSA) is 47.6 Å². The minimum atomic E-state index is -3.70. The van der Waals surface area contributed by atoms with E-state index in [1.54, 1.807) is 12.1 Å². The standard InChI is InChI=1S/C21H22NO3P/c1-16-12-14-19(15-13-16)22-26(23,24-20-10-6-4-8-17(20)2)25-21-11-7-5-9-18(21)3/h4-15H,1-3H3,(H,22,23). The first-order valence-electron chi connectivity index (χ1n) is 8.41. The Bertz CT molecular complexity index is 886. The number of nitrogens with one attached hydrogen (secondary N) is 1. The minimum Gasteiger partial charge on any atom is -0.400 e. The molecule has 0 spiro atoms. The van der Waals surface area contributed by atoms with E-state index in [0.29, 0.717) is 17.2 Å². The lowest BCUT2D eigenvalue weighted by Gasteiger charge is -2.22. The third-order valence-corrected chi connectivity index (χ3v) is 5.35. The summed E-state index contributed by atoms with van der Waals surface area (Å²) in [6.45, 7) is 5.80. The van der Waals surface area contributed by atoms with E-state index in [2.05, 4.69) is 5.09 Å². The summed E-state index contributed by atoms with van der Waals surface area (Å²) in [5.74, 6) is 1.04. The molecule has 0 heterocycles. The molecule has 0 unspecified atom stereocenters. The Labute approximate surface area is 154 Å². The molecule has 0 aliphatic rings. The van der Waals surface area contributed by atoms with Crippen LogP contribution in [0.4, 0.5) is 5.69 Å². The molecule has 5 heteroatoms. The van der Waals surface area contributed by atoms with Gasteiger partial charge in [-0.25, -0.2) is 4.57 Å². The largest absolute Gasteiger partial charge is 0.541 e. The van der Waals surface area contributed by atoms with Crippen LogP contribution in [0.5, 0.6) is 11.5 Å². The average Bonchev–Trinajstić information content (AvgIpc) is 2.61. The fourth-order valence-corrected chi connectivity index (χ4v) is 3.95. The molecule has 1 N–H and O–H groups in total. The maximum atomic E-state index is 13.6. The molecule has 0 amide bonds. The van der Waals surface area contributed by atoms with E-state index in [4.69, 9.17) is 9.05 Å². The summed E-state index contributed by atoms with van der Waals surface area (Å²) in [5, 5.41) is 2.95. The van der Waals surface area contributed by atoms with E-state index < -0.39 is 7.75 Å². The Morgan fingerprint density at radius 1 is 0.692 bits per heavy atom. The molecule has 134 valence electrons. The molecule has 3 aromatic rings. The molecule has 0 aromatic heterocycles. The zero-order chi connectivity index (χ0) is 18.6. The monoisotopic (exact) mass is 367 g/mol. The van der Waals surface area contributed by atoms with Crippen LogP contribution < -0.4 is 14.1 Å². The predicted molar refractivity (Wildman–Crippen MR) is 106 cm³/mol. The van der Waals surface area contributed by atoms with Gasteiger partial charge in [0.2, 0.25) is 0 Å². The Balaban J connectivity index is 1.94. The molecule has 26 heavy (non-hydrogen) atoms. The number of aryl methyl sites for hydroxylation is 3. The van der Waals surface area contributed by atoms with E-state index in [9.17, 15) is 4.57 Å². The van der Waals surface area contributed by atoms with Crippen LogP contribution in [0.15, 0.2) is 72.8 Å². The van der Waals surface area contributed by atoms with Gasteiger partial charge in [-0.1, -0.05) is 54.1 Å². The second-order valence-corrected chi connectivity index (χ2v) is 7.77. The number of hydrogen-bond donors (Lipinski definition) is 1. The average molecular weight is 367 g/mol. The van der Waals surface area contributed by atoms with Crippen molar-refractivity contribution >= 4 is 13.4 Å². The van der Waals surface area contributed by atoms with Crippen molar-refractivity contribution in [1.29, 1.82) is 0 Å². The molecule has 3 aromatic carbocycles. The van der Waals surface area contributed by atoms with Gasteiger partial charge in [0.1, 0.15) is 11.5 Å². The van der Waals surface area contributed by atoms with Crippen molar-refractivity contribution in [3.05, 3.63) is 89.5 Å². The van der Waals surface area contributed by atoms with Crippen molar-refractivity contribution in [2.45, 2.75) is 20.8 Å². The molecule has 0 bridgehead atoms. The van der Waals surface area contributed by atoms with Crippen LogP contribution in [0.2, 0.25) is 0 Å². The van der Waals surface area contributed by atoms with Gasteiger partial charge in [0.25, 0.3) is 0 Å². The van der Waals surface area contributed by atoms with Crippen LogP contribution in [0.1, 0.15) is 16.7 Å². The van der Waals surface area contributed by atoms with Crippen LogP contribution in [-0.2, 0) is 4.57 Å². The third-order valence-electron chi connectivity index (χ3n) is 3.94. The van der Waals surface area contributed by atoms with Gasteiger partial charge in [-0.2, -0.15) is 0 Å². The molecule has 0 aliphatic heterocycles. The van der Waals surface area contributed by atoms with Crippen LogP contribution in [0.3, 0.4) is 0 Å². The summed E-state index contributed by atoms with van der Waals surface area (Å²) in [6, 6.07) is 22.4. The van der Waals surface area contributed by atoms with Gasteiger partial charge < -0.3 is 9.05 Å². The Kier molecular flexibility index (Phi) is 5.34. The highest BCUT2D eigenvalue weighted by Crippen LogP contribution is 2.49. The highest BCUT2D eigenvalue weighted by Gasteiger charge is 2.30. The van der Waals surface area contributed by atoms with Crippen molar-refractivity contribution in [2.24, 2.45) is 0 Å². The SMILES string of the molecule is Cc1ccc(NP(=O)(Oc2ccccc2C)Oc2ccccc2C)cc1. The van der Waals surface area contributed by atoms with Crippen molar-refractivity contribution < 1.29 is 13.6 Å². The molecular formula is C21H22NO3P. The van der Waals surface area contributed by atoms with Gasteiger partial charge in [-0.15, -0.1) is 0 Å². The summed E-state index contributed by atoms with van der Waals surface area (Å²) < 4.78 is 25.3. The summed E-state index contributed by atoms with van der Waals surface area (Å²) in [4.78, 5) is 0. The van der Waals surface area contributed by atoms with E-state index in [1.165, 1.54) is 0 Å². The maximum absolute atomic E-state index is 13.6. The molecule has 0 saturated heterocycles. The second kappa shape index (κ2) is 7.67. The number of benzene rings is 3. The van der Waals surface area contributed by atoms with E-state index in [-0.39, 0.29) is 0 Å². The fourth-order valence-electron chi connectivity index (χ4n) is 2.43. The molecule has 4 nitrogen and oxygen atoms in total. The van der Waals surface area contributed by atoms with Gasteiger partial charge in [-0.05, 0) is 56.2 Å². The van der Waals surface area contributed by atoms with Crippen LogP contribution >= 0.6 is 7.75 Å². The normalized spacial score (nSPS) is 11.0. The van der Waals surface area contributed by atoms with Crippen molar-refractivity contribution in [3.8, 4) is 11.5 Å². The summed E-state index contributed by atoms with van der Waals surface area (Å²) in [7, 11) is -3.70. The first-order chi connectivity index (χ1) is 12.5. The Morgan fingerprint density at radius 2 is 1.15 bits per heavy atom. The second-order valence-electron chi connectivity index (χ2n) is 6.19. The van der Waals surface area contributed by atoms with E-state index >= 15 is 0 Å². The lowest BCUT2D eigenvalue weighted by molar-refractivity contribution is 0.390. The van der Waals surface area contributed by atoms with Gasteiger partial charge in [0, 0.05) is 5.69 Å². The van der Waals surface area contributed by atoms with Gasteiger partial charge in [0.15, 0.2) is 0 Å². The fraction of sp³-hybridized carbons (Fsp3) is 0.143. The minimum absolute atomic E-state index is 0.518. The summed E-state index contributed by atoms with van der Waals surface area (Å²) in [5.41, 5.74) is 3.55. The number of para-hydroxylation sites is 2. The van der Waals surface area contributed by atoms with Crippen LogP contribution in [0.25, 0.3) is 0 Å². The molecule has 0 atom stereocenters. The van der Waals surface area contributed by atoms with Gasteiger partial charge in [-0.3, -0.25) is 5.09 Å². The zero-order valence-electron chi connectivity index (χ0n) is 15.1. The quantitative estimate of drug-likeness (QED) is 0.520. The lowest BCUT2D eigenvalue weighted by atomic mass is 10.2. The van der Waals surface area contributed by atoms with Crippen molar-refractivity contribution in [3.63, 3.8) is 0 Å². The van der Waals surface area contributed by atoms with Crippen molar-refractivity contribution in [1.82, 2.24) is 0 Å². The predicted octanol–water partition coefficient (Wildman–Crippen LogP) is 6.29. The molecular weight excluding hydrogens is 345 g/mol. The van der Waals surface area contributed by atoms with Gasteiger partial charge in [0.05, 0.1) is 0 Å². The van der Waals surface area contributed by atoms with E-state index in [0.717, 1.165) is 16.7 Å².